The molecule has 0 atom stereocenters. The minimum absolute atomic E-state index is 0.332. The smallest absolute Gasteiger partial charge is 0.308 e. The summed E-state index contributed by atoms with van der Waals surface area (Å²) in [7, 11) is 0. The maximum absolute atomic E-state index is 12.9. The van der Waals surface area contributed by atoms with Gasteiger partial charge in [-0.25, -0.2) is 10.8 Å². The minimum atomic E-state index is -4.39. The van der Waals surface area contributed by atoms with Crippen LogP contribution in [-0.2, 0) is 6.18 Å². The largest absolute Gasteiger partial charge is 0.416 e. The molecule has 0 saturated carbocycles. The molecule has 6 heteroatoms. The Morgan fingerprint density at radius 2 is 1.73 bits per heavy atom. The molecule has 1 aromatic heterocycles. The highest BCUT2D eigenvalue weighted by molar-refractivity contribution is 5.89. The zero-order valence-corrected chi connectivity index (χ0v) is 11.4. The van der Waals surface area contributed by atoms with Crippen molar-refractivity contribution in [1.29, 1.82) is 0 Å². The summed E-state index contributed by atoms with van der Waals surface area (Å²) in [4.78, 5) is 4.34. The van der Waals surface area contributed by atoms with E-state index in [4.69, 9.17) is 5.84 Å². The second kappa shape index (κ2) is 5.31. The van der Waals surface area contributed by atoms with Crippen molar-refractivity contribution in [3.63, 3.8) is 0 Å². The Balaban J connectivity index is 2.21. The van der Waals surface area contributed by atoms with Gasteiger partial charge in [-0.2, -0.15) is 13.2 Å². The Morgan fingerprint density at radius 1 is 0.955 bits per heavy atom. The fraction of sp³-hybridized carbons (Fsp3) is 0.0625. The van der Waals surface area contributed by atoms with Gasteiger partial charge in [0.25, 0.3) is 0 Å². The van der Waals surface area contributed by atoms with Crippen molar-refractivity contribution < 1.29 is 13.2 Å². The van der Waals surface area contributed by atoms with Crippen LogP contribution in [0.25, 0.3) is 22.0 Å². The number of nitrogen functional groups attached to an aromatic ring is 1. The first-order valence-corrected chi connectivity index (χ1v) is 6.53. The third-order valence-corrected chi connectivity index (χ3v) is 3.36. The monoisotopic (exact) mass is 303 g/mol. The van der Waals surface area contributed by atoms with Gasteiger partial charge in [-0.05, 0) is 29.8 Å². The summed E-state index contributed by atoms with van der Waals surface area (Å²) in [5.74, 6) is 5.80. The first-order valence-electron chi connectivity index (χ1n) is 6.53. The van der Waals surface area contributed by atoms with E-state index in [0.29, 0.717) is 22.5 Å². The molecule has 0 radical (unpaired) electrons. The third kappa shape index (κ3) is 2.60. The fourth-order valence-electron chi connectivity index (χ4n) is 2.31. The van der Waals surface area contributed by atoms with Gasteiger partial charge in [-0.3, -0.25) is 0 Å². The molecule has 0 unspecified atom stereocenters. The predicted octanol–water partition coefficient (Wildman–Crippen LogP) is 4.21. The molecule has 3 rings (SSSR count). The highest BCUT2D eigenvalue weighted by atomic mass is 19.4. The zero-order chi connectivity index (χ0) is 15.7. The summed E-state index contributed by atoms with van der Waals surface area (Å²) < 4.78 is 38.6. The highest BCUT2D eigenvalue weighted by Gasteiger charge is 2.30. The second-order valence-corrected chi connectivity index (χ2v) is 4.80. The summed E-state index contributed by atoms with van der Waals surface area (Å²) in [5, 5.41) is 0.828. The molecule has 0 amide bonds. The molecule has 1 heterocycles. The average molecular weight is 303 g/mol. The average Bonchev–Trinajstić information content (AvgIpc) is 2.53. The number of benzene rings is 2. The first kappa shape index (κ1) is 14.3. The Hall–Kier alpha value is -2.60. The molecule has 0 aliphatic carbocycles. The lowest BCUT2D eigenvalue weighted by Gasteiger charge is -2.12. The number of aromatic nitrogens is 1. The lowest BCUT2D eigenvalue weighted by atomic mass is 10.0. The van der Waals surface area contributed by atoms with Crippen LogP contribution in [0.15, 0.2) is 54.6 Å². The lowest BCUT2D eigenvalue weighted by Crippen LogP contribution is -2.10. The topological polar surface area (TPSA) is 50.9 Å². The van der Waals surface area contributed by atoms with Gasteiger partial charge in [0.05, 0.1) is 11.1 Å². The number of nitrogens with one attached hydrogen (secondary N) is 1. The third-order valence-electron chi connectivity index (χ3n) is 3.36. The fourth-order valence-corrected chi connectivity index (χ4v) is 2.31. The minimum Gasteiger partial charge on any atom is -0.308 e. The van der Waals surface area contributed by atoms with E-state index < -0.39 is 11.7 Å². The number of hydrogen-bond donors (Lipinski definition) is 2. The van der Waals surface area contributed by atoms with E-state index in [1.807, 2.05) is 24.3 Å². The van der Waals surface area contributed by atoms with Gasteiger partial charge in [-0.1, -0.05) is 30.3 Å². The van der Waals surface area contributed by atoms with Crippen LogP contribution in [0, 0.1) is 0 Å². The number of anilines is 1. The van der Waals surface area contributed by atoms with Crippen LogP contribution < -0.4 is 11.3 Å². The van der Waals surface area contributed by atoms with Gasteiger partial charge < -0.3 is 5.43 Å². The number of halogens is 3. The predicted molar refractivity (Wildman–Crippen MR) is 80.0 cm³/mol. The summed E-state index contributed by atoms with van der Waals surface area (Å²) in [6, 6.07) is 14.2. The highest BCUT2D eigenvalue weighted by Crippen LogP contribution is 2.35. The van der Waals surface area contributed by atoms with Crippen molar-refractivity contribution in [2.45, 2.75) is 6.18 Å². The molecule has 3 aromatic rings. The molecular weight excluding hydrogens is 291 g/mol. The van der Waals surface area contributed by atoms with E-state index in [1.165, 1.54) is 6.07 Å². The molecule has 0 bridgehead atoms. The summed E-state index contributed by atoms with van der Waals surface area (Å²) in [5.41, 5.74) is 3.38. The number of rotatable bonds is 2. The molecule has 0 saturated heterocycles. The van der Waals surface area contributed by atoms with Crippen molar-refractivity contribution in [2.75, 3.05) is 5.43 Å². The maximum Gasteiger partial charge on any atom is 0.416 e. The molecule has 0 spiro atoms. The summed E-state index contributed by atoms with van der Waals surface area (Å²) in [6.07, 6.45) is -4.39. The van der Waals surface area contributed by atoms with Gasteiger partial charge in [0.2, 0.25) is 0 Å². The van der Waals surface area contributed by atoms with Crippen LogP contribution in [-0.4, -0.2) is 4.98 Å². The number of alkyl halides is 3. The number of pyridine rings is 1. The van der Waals surface area contributed by atoms with Gasteiger partial charge in [0.1, 0.15) is 5.82 Å². The van der Waals surface area contributed by atoms with Crippen LogP contribution in [0.1, 0.15) is 5.56 Å². The molecule has 0 fully saturated rings. The van der Waals surface area contributed by atoms with Crippen molar-refractivity contribution >= 4 is 16.7 Å². The van der Waals surface area contributed by atoms with Gasteiger partial charge in [0.15, 0.2) is 0 Å². The molecule has 22 heavy (non-hydrogen) atoms. The number of hydrazine groups is 1. The molecule has 2 aromatic carbocycles. The van der Waals surface area contributed by atoms with E-state index in [1.54, 1.807) is 12.1 Å². The van der Waals surface area contributed by atoms with Gasteiger partial charge in [-0.15, -0.1) is 0 Å². The Morgan fingerprint density at radius 3 is 2.45 bits per heavy atom. The van der Waals surface area contributed by atoms with Crippen molar-refractivity contribution in [3.05, 3.63) is 60.2 Å². The second-order valence-electron chi connectivity index (χ2n) is 4.80. The molecule has 0 aliphatic rings. The van der Waals surface area contributed by atoms with Crippen LogP contribution in [0.2, 0.25) is 0 Å². The SMILES string of the molecule is NNc1nc2ccccc2cc1-c1cccc(C(F)(F)F)c1. The zero-order valence-electron chi connectivity index (χ0n) is 11.4. The quantitative estimate of drug-likeness (QED) is 0.551. The number of para-hydroxylation sites is 1. The van der Waals surface area contributed by atoms with E-state index in [-0.39, 0.29) is 0 Å². The lowest BCUT2D eigenvalue weighted by molar-refractivity contribution is -0.137. The standard InChI is InChI=1S/C16H12F3N3/c17-16(18,19)12-6-3-5-10(8-12)13-9-11-4-1-2-7-14(11)21-15(13)22-20/h1-9H,20H2,(H,21,22). The van der Waals surface area contributed by atoms with Crippen molar-refractivity contribution in [1.82, 2.24) is 4.98 Å². The number of hydrogen-bond acceptors (Lipinski definition) is 3. The molecule has 3 N–H and O–H groups in total. The number of nitrogens with zero attached hydrogens (tertiary/aromatic N) is 1. The number of nitrogens with two attached hydrogens (primary N) is 1. The maximum atomic E-state index is 12.9. The molecule has 3 nitrogen and oxygen atoms in total. The summed E-state index contributed by atoms with van der Waals surface area (Å²) in [6.45, 7) is 0. The van der Waals surface area contributed by atoms with E-state index in [2.05, 4.69) is 10.4 Å². The van der Waals surface area contributed by atoms with Crippen LogP contribution in [0.3, 0.4) is 0 Å². The van der Waals surface area contributed by atoms with Crippen molar-refractivity contribution in [2.24, 2.45) is 5.84 Å². The van der Waals surface area contributed by atoms with E-state index >= 15 is 0 Å². The van der Waals surface area contributed by atoms with Crippen LogP contribution in [0.4, 0.5) is 19.0 Å². The Bertz CT molecular complexity index is 828. The normalized spacial score (nSPS) is 11.6. The molecule has 112 valence electrons. The van der Waals surface area contributed by atoms with E-state index in [0.717, 1.165) is 17.5 Å². The molecular formula is C16H12F3N3. The van der Waals surface area contributed by atoms with Crippen LogP contribution in [0.5, 0.6) is 0 Å². The van der Waals surface area contributed by atoms with Gasteiger partial charge in [0, 0.05) is 10.9 Å². The van der Waals surface area contributed by atoms with Gasteiger partial charge >= 0.3 is 6.18 Å². The number of fused-ring (bicyclic) bond motifs is 1. The Kier molecular flexibility index (Phi) is 3.46. The van der Waals surface area contributed by atoms with Crippen molar-refractivity contribution in [3.8, 4) is 11.1 Å². The summed E-state index contributed by atoms with van der Waals surface area (Å²) >= 11 is 0. The first-order chi connectivity index (χ1) is 10.5. The van der Waals surface area contributed by atoms with Crippen LogP contribution >= 0.6 is 0 Å². The van der Waals surface area contributed by atoms with E-state index in [9.17, 15) is 13.2 Å². The molecule has 0 aliphatic heterocycles. The Labute approximate surface area is 124 Å².